The Bertz CT molecular complexity index is 484. The lowest BCUT2D eigenvalue weighted by molar-refractivity contribution is 0.481. The molecule has 94 valence electrons. The van der Waals surface area contributed by atoms with E-state index in [0.29, 0.717) is 10.8 Å². The lowest BCUT2D eigenvalue weighted by atomic mass is 9.95. The van der Waals surface area contributed by atoms with Crippen LogP contribution in [0.15, 0.2) is 24.3 Å². The third-order valence-corrected chi connectivity index (χ3v) is 5.30. The molecule has 1 aromatic carbocycles. The van der Waals surface area contributed by atoms with Crippen molar-refractivity contribution in [1.29, 1.82) is 0 Å². The second kappa shape index (κ2) is 4.96. The van der Waals surface area contributed by atoms with Gasteiger partial charge in [-0.15, -0.1) is 0 Å². The minimum atomic E-state index is -2.81. The summed E-state index contributed by atoms with van der Waals surface area (Å²) in [6, 6.07) is 7.31. The summed E-state index contributed by atoms with van der Waals surface area (Å²) in [5.74, 6) is 0.796. The fourth-order valence-corrected chi connectivity index (χ4v) is 4.27. The first-order chi connectivity index (χ1) is 7.96. The standard InChI is InChI=1S/C12H16ClNO2S/c13-11-3-1-10(2-4-11)12(14)7-9-5-6-17(15,16)8-9/h1-4,9,12H,5-8,14H2. The van der Waals surface area contributed by atoms with Gasteiger partial charge in [-0.05, 0) is 36.5 Å². The van der Waals surface area contributed by atoms with Gasteiger partial charge < -0.3 is 5.73 Å². The number of hydrogen-bond donors (Lipinski definition) is 1. The fourth-order valence-electron chi connectivity index (χ4n) is 2.26. The summed E-state index contributed by atoms with van der Waals surface area (Å²) in [6.07, 6.45) is 1.46. The van der Waals surface area contributed by atoms with Gasteiger partial charge >= 0.3 is 0 Å². The van der Waals surface area contributed by atoms with Gasteiger partial charge in [-0.25, -0.2) is 8.42 Å². The molecule has 1 aliphatic heterocycles. The number of hydrogen-bond acceptors (Lipinski definition) is 3. The van der Waals surface area contributed by atoms with Gasteiger partial charge in [-0.1, -0.05) is 23.7 Å². The van der Waals surface area contributed by atoms with E-state index in [2.05, 4.69) is 0 Å². The lowest BCUT2D eigenvalue weighted by Crippen LogP contribution is -2.16. The third kappa shape index (κ3) is 3.44. The van der Waals surface area contributed by atoms with E-state index in [-0.39, 0.29) is 17.7 Å². The molecule has 0 aromatic heterocycles. The molecule has 1 saturated heterocycles. The number of benzene rings is 1. The average molecular weight is 274 g/mol. The molecule has 0 spiro atoms. The van der Waals surface area contributed by atoms with Crippen molar-refractivity contribution in [2.75, 3.05) is 11.5 Å². The summed E-state index contributed by atoms with van der Waals surface area (Å²) in [7, 11) is -2.81. The van der Waals surface area contributed by atoms with E-state index in [1.165, 1.54) is 0 Å². The quantitative estimate of drug-likeness (QED) is 0.918. The SMILES string of the molecule is NC(CC1CCS(=O)(=O)C1)c1ccc(Cl)cc1. The van der Waals surface area contributed by atoms with Gasteiger partial charge in [0.05, 0.1) is 11.5 Å². The van der Waals surface area contributed by atoms with Crippen LogP contribution in [-0.2, 0) is 9.84 Å². The van der Waals surface area contributed by atoms with Crippen molar-refractivity contribution in [2.45, 2.75) is 18.9 Å². The maximum Gasteiger partial charge on any atom is 0.150 e. The van der Waals surface area contributed by atoms with E-state index in [4.69, 9.17) is 17.3 Å². The molecular formula is C12H16ClNO2S. The van der Waals surface area contributed by atoms with Gasteiger partial charge in [0.25, 0.3) is 0 Å². The first-order valence-corrected chi connectivity index (χ1v) is 7.88. The molecule has 0 saturated carbocycles. The predicted molar refractivity (Wildman–Crippen MR) is 69.8 cm³/mol. The van der Waals surface area contributed by atoms with E-state index in [0.717, 1.165) is 18.4 Å². The largest absolute Gasteiger partial charge is 0.324 e. The number of sulfone groups is 1. The molecule has 2 rings (SSSR count). The molecule has 3 nitrogen and oxygen atoms in total. The minimum Gasteiger partial charge on any atom is -0.324 e. The van der Waals surface area contributed by atoms with Crippen molar-refractivity contribution in [1.82, 2.24) is 0 Å². The van der Waals surface area contributed by atoms with Gasteiger partial charge in [0.1, 0.15) is 0 Å². The molecule has 0 radical (unpaired) electrons. The van der Waals surface area contributed by atoms with Crippen molar-refractivity contribution < 1.29 is 8.42 Å². The topological polar surface area (TPSA) is 60.2 Å². The van der Waals surface area contributed by atoms with E-state index in [1.807, 2.05) is 24.3 Å². The van der Waals surface area contributed by atoms with Gasteiger partial charge in [-0.2, -0.15) is 0 Å². The fraction of sp³-hybridized carbons (Fsp3) is 0.500. The van der Waals surface area contributed by atoms with Gasteiger partial charge in [0.15, 0.2) is 9.84 Å². The zero-order chi connectivity index (χ0) is 12.5. The molecule has 0 aliphatic carbocycles. The van der Waals surface area contributed by atoms with Crippen LogP contribution in [0.1, 0.15) is 24.4 Å². The van der Waals surface area contributed by atoms with E-state index < -0.39 is 9.84 Å². The Morgan fingerprint density at radius 1 is 1.35 bits per heavy atom. The molecule has 2 N–H and O–H groups in total. The van der Waals surface area contributed by atoms with Gasteiger partial charge in [0.2, 0.25) is 0 Å². The Labute approximate surface area is 107 Å². The molecule has 1 heterocycles. The maximum absolute atomic E-state index is 11.3. The zero-order valence-electron chi connectivity index (χ0n) is 9.47. The highest BCUT2D eigenvalue weighted by atomic mass is 35.5. The van der Waals surface area contributed by atoms with Gasteiger partial charge in [-0.3, -0.25) is 0 Å². The smallest absolute Gasteiger partial charge is 0.150 e. The molecule has 17 heavy (non-hydrogen) atoms. The molecular weight excluding hydrogens is 258 g/mol. The number of nitrogens with two attached hydrogens (primary N) is 1. The first kappa shape index (κ1) is 12.9. The Balaban J connectivity index is 1.98. The monoisotopic (exact) mass is 273 g/mol. The average Bonchev–Trinajstić information content (AvgIpc) is 2.59. The van der Waals surface area contributed by atoms with E-state index >= 15 is 0 Å². The number of rotatable bonds is 3. The maximum atomic E-state index is 11.3. The molecule has 2 unspecified atom stereocenters. The Morgan fingerprint density at radius 3 is 2.53 bits per heavy atom. The van der Waals surface area contributed by atoms with E-state index in [1.54, 1.807) is 0 Å². The zero-order valence-corrected chi connectivity index (χ0v) is 11.0. The predicted octanol–water partition coefficient (Wildman–Crippen LogP) is 2.16. The summed E-state index contributed by atoms with van der Waals surface area (Å²) in [5, 5.41) is 0.685. The highest BCUT2D eigenvalue weighted by molar-refractivity contribution is 7.91. The van der Waals surface area contributed by atoms with Crippen LogP contribution in [0.5, 0.6) is 0 Å². The highest BCUT2D eigenvalue weighted by Crippen LogP contribution is 2.28. The van der Waals surface area contributed by atoms with Gasteiger partial charge in [0, 0.05) is 11.1 Å². The van der Waals surface area contributed by atoms with Crippen LogP contribution in [0.3, 0.4) is 0 Å². The third-order valence-electron chi connectivity index (χ3n) is 3.21. The summed E-state index contributed by atoms with van der Waals surface area (Å²) in [6.45, 7) is 0. The van der Waals surface area contributed by atoms with Crippen molar-refractivity contribution in [2.24, 2.45) is 11.7 Å². The van der Waals surface area contributed by atoms with Crippen LogP contribution in [0.2, 0.25) is 5.02 Å². The first-order valence-electron chi connectivity index (χ1n) is 5.68. The molecule has 5 heteroatoms. The molecule has 1 aromatic rings. The second-order valence-electron chi connectivity index (χ2n) is 4.66. The molecule has 1 fully saturated rings. The second-order valence-corrected chi connectivity index (χ2v) is 7.33. The molecule has 1 aliphatic rings. The number of halogens is 1. The summed E-state index contributed by atoms with van der Waals surface area (Å²) in [4.78, 5) is 0. The molecule has 0 bridgehead atoms. The van der Waals surface area contributed by atoms with Crippen LogP contribution >= 0.6 is 11.6 Å². The van der Waals surface area contributed by atoms with Crippen molar-refractivity contribution >= 4 is 21.4 Å². The van der Waals surface area contributed by atoms with Crippen molar-refractivity contribution in [3.8, 4) is 0 Å². The molecule has 0 amide bonds. The van der Waals surface area contributed by atoms with E-state index in [9.17, 15) is 8.42 Å². The molecule has 2 atom stereocenters. The van der Waals surface area contributed by atoms with Crippen LogP contribution in [0.25, 0.3) is 0 Å². The normalized spacial score (nSPS) is 24.7. The highest BCUT2D eigenvalue weighted by Gasteiger charge is 2.29. The van der Waals surface area contributed by atoms with Crippen LogP contribution < -0.4 is 5.73 Å². The van der Waals surface area contributed by atoms with Crippen molar-refractivity contribution in [3.63, 3.8) is 0 Å². The minimum absolute atomic E-state index is 0.106. The van der Waals surface area contributed by atoms with Crippen LogP contribution in [0, 0.1) is 5.92 Å². The summed E-state index contributed by atoms with van der Waals surface area (Å²) in [5.41, 5.74) is 7.09. The van der Waals surface area contributed by atoms with Crippen LogP contribution in [0.4, 0.5) is 0 Å². The van der Waals surface area contributed by atoms with Crippen LogP contribution in [-0.4, -0.2) is 19.9 Å². The Morgan fingerprint density at radius 2 is 2.00 bits per heavy atom. The lowest BCUT2D eigenvalue weighted by Gasteiger charge is -2.15. The summed E-state index contributed by atoms with van der Waals surface area (Å²) >= 11 is 5.80. The Kier molecular flexibility index (Phi) is 3.76. The summed E-state index contributed by atoms with van der Waals surface area (Å²) < 4.78 is 22.7. The van der Waals surface area contributed by atoms with Crippen molar-refractivity contribution in [3.05, 3.63) is 34.9 Å². The Hall–Kier alpha value is -0.580.